The van der Waals surface area contributed by atoms with E-state index in [9.17, 15) is 4.79 Å². The zero-order chi connectivity index (χ0) is 17.9. The third-order valence-electron chi connectivity index (χ3n) is 4.86. The van der Waals surface area contributed by atoms with Crippen molar-refractivity contribution in [3.63, 3.8) is 0 Å². The second-order valence-corrected chi connectivity index (χ2v) is 6.97. The Bertz CT molecular complexity index is 791. The normalized spacial score (nSPS) is 18.7. The fraction of sp³-hybridized carbons (Fsp3) is 0.400. The zero-order valence-corrected chi connectivity index (χ0v) is 14.9. The first kappa shape index (κ1) is 16.7. The van der Waals surface area contributed by atoms with Crippen molar-refractivity contribution >= 4 is 11.6 Å². The maximum atomic E-state index is 12.6. The molecule has 26 heavy (non-hydrogen) atoms. The molecule has 4 rings (SSSR count). The molecular formula is C20H23N3O3. The van der Waals surface area contributed by atoms with Crippen LogP contribution in [0.4, 0.5) is 5.69 Å². The molecule has 2 aliphatic rings. The number of fused-ring (bicyclic) bond motifs is 1. The molecule has 1 unspecified atom stereocenters. The van der Waals surface area contributed by atoms with E-state index in [1.54, 1.807) is 12.3 Å². The van der Waals surface area contributed by atoms with Gasteiger partial charge in [0.1, 0.15) is 5.69 Å². The Hall–Kier alpha value is -2.76. The van der Waals surface area contributed by atoms with Crippen molar-refractivity contribution < 1.29 is 14.3 Å². The first-order valence-corrected chi connectivity index (χ1v) is 9.07. The number of carbonyl (C=O) groups is 1. The van der Waals surface area contributed by atoms with Crippen LogP contribution >= 0.6 is 0 Å². The van der Waals surface area contributed by atoms with Crippen molar-refractivity contribution in [2.75, 3.05) is 25.2 Å². The summed E-state index contributed by atoms with van der Waals surface area (Å²) in [6.07, 6.45) is 3.98. The van der Waals surface area contributed by atoms with Gasteiger partial charge in [-0.2, -0.15) is 0 Å². The molecule has 6 heteroatoms. The Balaban J connectivity index is 1.36. The smallest absolute Gasteiger partial charge is 0.272 e. The number of hydrogen-bond donors (Lipinski definition) is 1. The molecule has 1 saturated heterocycles. The highest BCUT2D eigenvalue weighted by Gasteiger charge is 2.22. The lowest BCUT2D eigenvalue weighted by molar-refractivity contribution is 0.0677. The zero-order valence-electron chi connectivity index (χ0n) is 14.9. The number of pyridine rings is 1. The molecule has 0 saturated carbocycles. The molecule has 0 aliphatic carbocycles. The fourth-order valence-corrected chi connectivity index (χ4v) is 3.42. The summed E-state index contributed by atoms with van der Waals surface area (Å²) in [6.45, 7) is 4.77. The number of amides is 1. The minimum absolute atomic E-state index is 0.0267. The van der Waals surface area contributed by atoms with Gasteiger partial charge < -0.3 is 19.7 Å². The van der Waals surface area contributed by atoms with Crippen LogP contribution in [0.25, 0.3) is 0 Å². The van der Waals surface area contributed by atoms with Gasteiger partial charge in [-0.05, 0) is 48.6 Å². The Kier molecular flexibility index (Phi) is 4.65. The van der Waals surface area contributed by atoms with Gasteiger partial charge in [0.2, 0.25) is 6.79 Å². The van der Waals surface area contributed by atoms with Crippen molar-refractivity contribution in [1.82, 2.24) is 9.88 Å². The number of benzene rings is 1. The monoisotopic (exact) mass is 353 g/mol. The van der Waals surface area contributed by atoms with E-state index >= 15 is 0 Å². The SMILES string of the molecule is CC1CCCN(C(=O)c2ccc(NCc3ccc4c(c3)OCO4)cn2)C1. The maximum absolute atomic E-state index is 12.6. The third-order valence-corrected chi connectivity index (χ3v) is 4.86. The molecule has 6 nitrogen and oxygen atoms in total. The van der Waals surface area contributed by atoms with Crippen molar-refractivity contribution in [1.29, 1.82) is 0 Å². The van der Waals surface area contributed by atoms with E-state index < -0.39 is 0 Å². The quantitative estimate of drug-likeness (QED) is 0.914. The highest BCUT2D eigenvalue weighted by atomic mass is 16.7. The van der Waals surface area contributed by atoms with Crippen molar-refractivity contribution in [3.8, 4) is 11.5 Å². The molecule has 1 amide bonds. The predicted octanol–water partition coefficient (Wildman–Crippen LogP) is 3.29. The van der Waals surface area contributed by atoms with Gasteiger partial charge in [0.05, 0.1) is 11.9 Å². The summed E-state index contributed by atoms with van der Waals surface area (Å²) in [5.41, 5.74) is 2.48. The van der Waals surface area contributed by atoms with Gasteiger partial charge in [-0.15, -0.1) is 0 Å². The van der Waals surface area contributed by atoms with Gasteiger partial charge in [0, 0.05) is 19.6 Å². The number of hydrogen-bond acceptors (Lipinski definition) is 5. The predicted molar refractivity (Wildman–Crippen MR) is 98.4 cm³/mol. The van der Waals surface area contributed by atoms with Crippen LogP contribution in [-0.4, -0.2) is 35.7 Å². The molecule has 1 aromatic carbocycles. The average Bonchev–Trinajstić information content (AvgIpc) is 3.14. The van der Waals surface area contributed by atoms with E-state index in [-0.39, 0.29) is 12.7 Å². The summed E-state index contributed by atoms with van der Waals surface area (Å²) in [6, 6.07) is 9.59. The Labute approximate surface area is 153 Å². The van der Waals surface area contributed by atoms with Crippen molar-refractivity contribution in [2.45, 2.75) is 26.3 Å². The van der Waals surface area contributed by atoms with Crippen LogP contribution in [0.3, 0.4) is 0 Å². The van der Waals surface area contributed by atoms with E-state index in [2.05, 4.69) is 17.2 Å². The molecule has 1 aromatic heterocycles. The van der Waals surface area contributed by atoms with Gasteiger partial charge in [-0.1, -0.05) is 13.0 Å². The lowest BCUT2D eigenvalue weighted by atomic mass is 10.00. The average molecular weight is 353 g/mol. The summed E-state index contributed by atoms with van der Waals surface area (Å²) >= 11 is 0. The first-order valence-electron chi connectivity index (χ1n) is 9.07. The van der Waals surface area contributed by atoms with E-state index in [1.165, 1.54) is 6.42 Å². The van der Waals surface area contributed by atoms with Crippen LogP contribution in [0, 0.1) is 5.92 Å². The summed E-state index contributed by atoms with van der Waals surface area (Å²) < 4.78 is 10.7. The van der Waals surface area contributed by atoms with Gasteiger partial charge in [-0.3, -0.25) is 4.79 Å². The van der Waals surface area contributed by atoms with E-state index in [0.29, 0.717) is 18.2 Å². The number of carbonyl (C=O) groups excluding carboxylic acids is 1. The third kappa shape index (κ3) is 3.59. The maximum Gasteiger partial charge on any atom is 0.272 e. The Morgan fingerprint density at radius 1 is 1.27 bits per heavy atom. The second-order valence-electron chi connectivity index (χ2n) is 6.97. The first-order chi connectivity index (χ1) is 12.7. The molecule has 3 heterocycles. The summed E-state index contributed by atoms with van der Waals surface area (Å²) in [5, 5.41) is 3.32. The fourth-order valence-electron chi connectivity index (χ4n) is 3.42. The number of piperidine rings is 1. The summed E-state index contributed by atoms with van der Waals surface area (Å²) in [4.78, 5) is 18.8. The molecule has 0 bridgehead atoms. The molecule has 2 aliphatic heterocycles. The number of likely N-dealkylation sites (tertiary alicyclic amines) is 1. The largest absolute Gasteiger partial charge is 0.454 e. The topological polar surface area (TPSA) is 63.7 Å². The van der Waals surface area contributed by atoms with Crippen LogP contribution in [0.5, 0.6) is 11.5 Å². The van der Waals surface area contributed by atoms with Crippen LogP contribution in [0.2, 0.25) is 0 Å². The second kappa shape index (κ2) is 7.23. The van der Waals surface area contributed by atoms with E-state index in [0.717, 1.165) is 42.3 Å². The van der Waals surface area contributed by atoms with Crippen LogP contribution in [-0.2, 0) is 6.54 Å². The standard InChI is InChI=1S/C20H23N3O3/c1-14-3-2-8-23(12-14)20(24)17-6-5-16(11-22-17)21-10-15-4-7-18-19(9-15)26-13-25-18/h4-7,9,11,14,21H,2-3,8,10,12-13H2,1H3. The lowest BCUT2D eigenvalue weighted by Crippen LogP contribution is -2.39. The van der Waals surface area contributed by atoms with Crippen LogP contribution < -0.4 is 14.8 Å². The molecule has 1 fully saturated rings. The van der Waals surface area contributed by atoms with Gasteiger partial charge in [-0.25, -0.2) is 4.98 Å². The number of nitrogens with one attached hydrogen (secondary N) is 1. The van der Waals surface area contributed by atoms with Gasteiger partial charge >= 0.3 is 0 Å². The number of ether oxygens (including phenoxy) is 2. The number of rotatable bonds is 4. The highest BCUT2D eigenvalue weighted by molar-refractivity contribution is 5.92. The van der Waals surface area contributed by atoms with E-state index in [1.807, 2.05) is 29.2 Å². The molecule has 1 N–H and O–H groups in total. The summed E-state index contributed by atoms with van der Waals surface area (Å²) in [5.74, 6) is 2.15. The number of aromatic nitrogens is 1. The Morgan fingerprint density at radius 3 is 2.96 bits per heavy atom. The number of anilines is 1. The molecule has 1 atom stereocenters. The van der Waals surface area contributed by atoms with Crippen molar-refractivity contribution in [2.24, 2.45) is 5.92 Å². The van der Waals surface area contributed by atoms with Gasteiger partial charge in [0.25, 0.3) is 5.91 Å². The minimum Gasteiger partial charge on any atom is -0.454 e. The molecular weight excluding hydrogens is 330 g/mol. The highest BCUT2D eigenvalue weighted by Crippen LogP contribution is 2.32. The Morgan fingerprint density at radius 2 is 2.15 bits per heavy atom. The van der Waals surface area contributed by atoms with Crippen LogP contribution in [0.15, 0.2) is 36.5 Å². The van der Waals surface area contributed by atoms with Crippen molar-refractivity contribution in [3.05, 3.63) is 47.8 Å². The van der Waals surface area contributed by atoms with Gasteiger partial charge in [0.15, 0.2) is 11.5 Å². The molecule has 2 aromatic rings. The molecule has 136 valence electrons. The minimum atomic E-state index is 0.0267. The lowest BCUT2D eigenvalue weighted by Gasteiger charge is -2.30. The number of nitrogens with zero attached hydrogens (tertiary/aromatic N) is 2. The molecule has 0 radical (unpaired) electrons. The summed E-state index contributed by atoms with van der Waals surface area (Å²) in [7, 11) is 0. The molecule has 0 spiro atoms. The van der Waals surface area contributed by atoms with E-state index in [4.69, 9.17) is 9.47 Å². The van der Waals surface area contributed by atoms with Crippen LogP contribution in [0.1, 0.15) is 35.8 Å².